The van der Waals surface area contributed by atoms with Crippen LogP contribution in [0.25, 0.3) is 11.0 Å². The van der Waals surface area contributed by atoms with E-state index in [2.05, 4.69) is 0 Å². The minimum absolute atomic E-state index is 0.0370. The molecule has 19 heavy (non-hydrogen) atoms. The lowest BCUT2D eigenvalue weighted by Gasteiger charge is -2.03. The summed E-state index contributed by atoms with van der Waals surface area (Å²) in [5.41, 5.74) is 0.557. The van der Waals surface area contributed by atoms with Gasteiger partial charge in [-0.05, 0) is 25.5 Å². The Morgan fingerprint density at radius 2 is 2.21 bits per heavy atom. The maximum atomic E-state index is 12.1. The van der Waals surface area contributed by atoms with Gasteiger partial charge in [0.1, 0.15) is 11.3 Å². The molecule has 1 heterocycles. The molecule has 0 bridgehead atoms. The lowest BCUT2D eigenvalue weighted by Crippen LogP contribution is -2.12. The van der Waals surface area contributed by atoms with E-state index in [1.807, 2.05) is 0 Å². The maximum absolute atomic E-state index is 12.1. The third kappa shape index (κ3) is 2.93. The first-order valence-electron chi connectivity index (χ1n) is 6.01. The van der Waals surface area contributed by atoms with Crippen molar-refractivity contribution in [1.82, 2.24) is 0 Å². The lowest BCUT2D eigenvalue weighted by atomic mass is 10.1. The van der Waals surface area contributed by atoms with Crippen LogP contribution in [0.3, 0.4) is 0 Å². The maximum Gasteiger partial charge on any atom is 0.306 e. The average molecular weight is 262 g/mol. The predicted molar refractivity (Wildman–Crippen MR) is 69.1 cm³/mol. The van der Waals surface area contributed by atoms with Gasteiger partial charge in [0.25, 0.3) is 0 Å². The Bertz CT molecular complexity index is 656. The zero-order chi connectivity index (χ0) is 13.8. The second-order valence-electron chi connectivity index (χ2n) is 4.08. The van der Waals surface area contributed by atoms with Gasteiger partial charge >= 0.3 is 5.97 Å². The number of carbonyl (C=O) groups is 1. The second kappa shape index (κ2) is 5.56. The minimum atomic E-state index is -0.340. The first-order chi connectivity index (χ1) is 9.11. The van der Waals surface area contributed by atoms with Crippen molar-refractivity contribution < 1.29 is 19.1 Å². The molecule has 0 saturated carbocycles. The first-order valence-corrected chi connectivity index (χ1v) is 6.01. The zero-order valence-electron chi connectivity index (χ0n) is 10.5. The van der Waals surface area contributed by atoms with Crippen LogP contribution in [0.5, 0.6) is 5.75 Å². The van der Waals surface area contributed by atoms with Gasteiger partial charge in [-0.2, -0.15) is 0 Å². The van der Waals surface area contributed by atoms with Crippen molar-refractivity contribution in [2.75, 3.05) is 6.61 Å². The van der Waals surface area contributed by atoms with Crippen LogP contribution in [-0.4, -0.2) is 17.7 Å². The monoisotopic (exact) mass is 262 g/mol. The number of fused-ring (bicyclic) bond motifs is 1. The molecule has 0 aliphatic carbocycles. The summed E-state index contributed by atoms with van der Waals surface area (Å²) in [5, 5.41) is 9.69. The molecule has 1 aromatic carbocycles. The molecule has 0 fully saturated rings. The van der Waals surface area contributed by atoms with E-state index in [0.29, 0.717) is 23.1 Å². The van der Waals surface area contributed by atoms with Gasteiger partial charge in [0.15, 0.2) is 5.43 Å². The van der Waals surface area contributed by atoms with Crippen molar-refractivity contribution in [2.45, 2.75) is 19.8 Å². The van der Waals surface area contributed by atoms with Crippen LogP contribution in [0.1, 0.15) is 18.9 Å². The number of hydrogen-bond acceptors (Lipinski definition) is 5. The molecule has 2 rings (SSSR count). The van der Waals surface area contributed by atoms with Crippen molar-refractivity contribution in [2.24, 2.45) is 0 Å². The number of hydrogen-bond donors (Lipinski definition) is 1. The molecule has 1 aromatic heterocycles. The molecule has 0 spiro atoms. The fourth-order valence-electron chi connectivity index (χ4n) is 1.80. The molecule has 0 amide bonds. The van der Waals surface area contributed by atoms with Gasteiger partial charge in [-0.1, -0.05) is 0 Å². The molecule has 0 atom stereocenters. The summed E-state index contributed by atoms with van der Waals surface area (Å²) in [6.45, 7) is 2.05. The summed E-state index contributed by atoms with van der Waals surface area (Å²) in [7, 11) is 0. The highest BCUT2D eigenvalue weighted by Crippen LogP contribution is 2.18. The first kappa shape index (κ1) is 13.1. The molecule has 5 nitrogen and oxygen atoms in total. The highest BCUT2D eigenvalue weighted by atomic mass is 16.5. The number of rotatable bonds is 4. The summed E-state index contributed by atoms with van der Waals surface area (Å²) in [6.07, 6.45) is 1.74. The number of carbonyl (C=O) groups excluding carboxylic acids is 1. The molecule has 0 aliphatic heterocycles. The molecule has 5 heteroatoms. The lowest BCUT2D eigenvalue weighted by molar-refractivity contribution is -0.143. The highest BCUT2D eigenvalue weighted by molar-refractivity contribution is 5.78. The Kier molecular flexibility index (Phi) is 3.85. The van der Waals surface area contributed by atoms with E-state index < -0.39 is 0 Å². The standard InChI is InChI=1S/C14H14O5/c1-2-18-13(16)6-3-9-8-19-12-7-10(15)4-5-11(12)14(9)17/h4-5,7-8,15H,2-3,6H2,1H3. The van der Waals surface area contributed by atoms with Crippen molar-refractivity contribution in [1.29, 1.82) is 0 Å². The van der Waals surface area contributed by atoms with Crippen molar-refractivity contribution >= 4 is 16.9 Å². The number of ether oxygens (including phenoxy) is 1. The largest absolute Gasteiger partial charge is 0.508 e. The van der Waals surface area contributed by atoms with Gasteiger partial charge in [0.05, 0.1) is 18.3 Å². The Morgan fingerprint density at radius 1 is 1.42 bits per heavy atom. The Morgan fingerprint density at radius 3 is 2.95 bits per heavy atom. The van der Waals surface area contributed by atoms with Crippen LogP contribution >= 0.6 is 0 Å². The van der Waals surface area contributed by atoms with E-state index in [-0.39, 0.29) is 30.0 Å². The molecule has 0 aliphatic rings. The van der Waals surface area contributed by atoms with E-state index in [9.17, 15) is 14.7 Å². The van der Waals surface area contributed by atoms with E-state index in [1.54, 1.807) is 6.92 Å². The summed E-state index contributed by atoms with van der Waals surface area (Å²) in [6, 6.07) is 4.31. The van der Waals surface area contributed by atoms with Crippen LogP contribution < -0.4 is 5.43 Å². The van der Waals surface area contributed by atoms with Gasteiger partial charge in [-0.3, -0.25) is 9.59 Å². The molecule has 0 radical (unpaired) electrons. The Balaban J connectivity index is 2.26. The van der Waals surface area contributed by atoms with Crippen LogP contribution in [0, 0.1) is 0 Å². The third-order valence-electron chi connectivity index (χ3n) is 2.73. The van der Waals surface area contributed by atoms with Gasteiger partial charge in [-0.15, -0.1) is 0 Å². The van der Waals surface area contributed by atoms with E-state index in [4.69, 9.17) is 9.15 Å². The third-order valence-corrected chi connectivity index (χ3v) is 2.73. The van der Waals surface area contributed by atoms with Gasteiger partial charge in [-0.25, -0.2) is 0 Å². The summed E-state index contributed by atoms with van der Waals surface area (Å²) in [5.74, 6) is -0.303. The van der Waals surface area contributed by atoms with Crippen LogP contribution in [-0.2, 0) is 16.0 Å². The number of phenolic OH excluding ortho intramolecular Hbond substituents is 1. The Labute approximate surface area is 109 Å². The van der Waals surface area contributed by atoms with E-state index in [0.717, 1.165) is 0 Å². The zero-order valence-corrected chi connectivity index (χ0v) is 10.5. The Hall–Kier alpha value is -2.30. The molecule has 1 N–H and O–H groups in total. The molecule has 100 valence electrons. The van der Waals surface area contributed by atoms with Gasteiger partial charge in [0.2, 0.25) is 0 Å². The topological polar surface area (TPSA) is 76.7 Å². The van der Waals surface area contributed by atoms with Crippen molar-refractivity contribution in [3.63, 3.8) is 0 Å². The van der Waals surface area contributed by atoms with Gasteiger partial charge < -0.3 is 14.3 Å². The van der Waals surface area contributed by atoms with Crippen molar-refractivity contribution in [3.05, 3.63) is 40.2 Å². The van der Waals surface area contributed by atoms with Gasteiger partial charge in [0, 0.05) is 18.1 Å². The van der Waals surface area contributed by atoms with Crippen molar-refractivity contribution in [3.8, 4) is 5.75 Å². The average Bonchev–Trinajstić information content (AvgIpc) is 2.38. The van der Waals surface area contributed by atoms with Crippen LogP contribution in [0.15, 0.2) is 33.7 Å². The summed E-state index contributed by atoms with van der Waals surface area (Å²) >= 11 is 0. The SMILES string of the molecule is CCOC(=O)CCc1coc2cc(O)ccc2c1=O. The number of aromatic hydroxyl groups is 1. The second-order valence-corrected chi connectivity index (χ2v) is 4.08. The molecule has 2 aromatic rings. The summed E-state index contributed by atoms with van der Waals surface area (Å²) in [4.78, 5) is 23.4. The van der Waals surface area contributed by atoms with E-state index in [1.165, 1.54) is 24.5 Å². The normalized spacial score (nSPS) is 10.6. The molecular weight excluding hydrogens is 248 g/mol. The fourth-order valence-corrected chi connectivity index (χ4v) is 1.80. The fraction of sp³-hybridized carbons (Fsp3) is 0.286. The number of aryl methyl sites for hydroxylation is 1. The van der Waals surface area contributed by atoms with Crippen LogP contribution in [0.2, 0.25) is 0 Å². The predicted octanol–water partition coefficient (Wildman–Crippen LogP) is 1.99. The van der Waals surface area contributed by atoms with E-state index >= 15 is 0 Å². The highest BCUT2D eigenvalue weighted by Gasteiger charge is 2.10. The summed E-state index contributed by atoms with van der Waals surface area (Å²) < 4.78 is 10.1. The number of esters is 1. The van der Waals surface area contributed by atoms with Crippen LogP contribution in [0.4, 0.5) is 0 Å². The number of benzene rings is 1. The molecule has 0 saturated heterocycles. The minimum Gasteiger partial charge on any atom is -0.508 e. The quantitative estimate of drug-likeness (QED) is 0.853. The number of phenols is 1. The molecular formula is C14H14O5. The molecule has 0 unspecified atom stereocenters. The smallest absolute Gasteiger partial charge is 0.306 e.